The van der Waals surface area contributed by atoms with E-state index in [0.717, 1.165) is 16.6 Å². The van der Waals surface area contributed by atoms with Crippen LogP contribution >= 0.6 is 15.9 Å². The number of nitro groups is 1. The summed E-state index contributed by atoms with van der Waals surface area (Å²) >= 11 is 3.41. The van der Waals surface area contributed by atoms with Gasteiger partial charge in [-0.1, -0.05) is 28.1 Å². The molecule has 0 saturated carbocycles. The summed E-state index contributed by atoms with van der Waals surface area (Å²) in [6, 6.07) is 10.7. The zero-order valence-electron chi connectivity index (χ0n) is 11.2. The van der Waals surface area contributed by atoms with Gasteiger partial charge >= 0.3 is 0 Å². The molecule has 0 atom stereocenters. The molecule has 0 radical (unpaired) electrons. The molecule has 4 nitrogen and oxygen atoms in total. The van der Waals surface area contributed by atoms with Crippen molar-refractivity contribution in [2.24, 2.45) is 0 Å². The Kier molecular flexibility index (Phi) is 4.39. The number of alkyl halides is 1. The van der Waals surface area contributed by atoms with E-state index in [9.17, 15) is 10.1 Å². The van der Waals surface area contributed by atoms with Gasteiger partial charge in [0.2, 0.25) is 0 Å². The topological polar surface area (TPSA) is 52.4 Å². The molecular formula is C15H14BrNO3. The first-order chi connectivity index (χ1) is 9.51. The number of nitrogens with zero attached hydrogens (tertiary/aromatic N) is 1. The molecule has 2 aromatic carbocycles. The number of aryl methyl sites for hydroxylation is 2. The van der Waals surface area contributed by atoms with Crippen LogP contribution in [0.25, 0.3) is 0 Å². The maximum atomic E-state index is 10.8. The highest BCUT2D eigenvalue weighted by Gasteiger charge is 2.11. The van der Waals surface area contributed by atoms with Crippen LogP contribution < -0.4 is 4.74 Å². The fourth-order valence-electron chi connectivity index (χ4n) is 1.93. The van der Waals surface area contributed by atoms with Gasteiger partial charge in [0.05, 0.1) is 4.92 Å². The molecule has 0 spiro atoms. The molecule has 5 heteroatoms. The largest absolute Gasteiger partial charge is 0.457 e. The van der Waals surface area contributed by atoms with Crippen molar-refractivity contribution in [1.82, 2.24) is 0 Å². The quantitative estimate of drug-likeness (QED) is 0.453. The molecule has 0 saturated heterocycles. The van der Waals surface area contributed by atoms with Crippen LogP contribution in [-0.2, 0) is 5.33 Å². The summed E-state index contributed by atoms with van der Waals surface area (Å²) in [5.74, 6) is 1.35. The van der Waals surface area contributed by atoms with Gasteiger partial charge < -0.3 is 4.74 Å². The molecule has 0 fully saturated rings. The number of halogens is 1. The maximum absolute atomic E-state index is 10.8. The zero-order valence-corrected chi connectivity index (χ0v) is 12.8. The van der Waals surface area contributed by atoms with E-state index < -0.39 is 4.92 Å². The van der Waals surface area contributed by atoms with E-state index in [0.29, 0.717) is 11.3 Å². The van der Waals surface area contributed by atoms with Gasteiger partial charge in [-0.25, -0.2) is 0 Å². The second kappa shape index (κ2) is 6.05. The highest BCUT2D eigenvalue weighted by molar-refractivity contribution is 9.08. The second-order valence-electron chi connectivity index (χ2n) is 4.54. The third-order valence-electron chi connectivity index (χ3n) is 2.99. The average Bonchev–Trinajstić information content (AvgIpc) is 2.40. The summed E-state index contributed by atoms with van der Waals surface area (Å²) in [6.07, 6.45) is 0. The van der Waals surface area contributed by atoms with E-state index in [2.05, 4.69) is 15.9 Å². The highest BCUT2D eigenvalue weighted by Crippen LogP contribution is 2.29. The molecular weight excluding hydrogens is 322 g/mol. The van der Waals surface area contributed by atoms with Crippen LogP contribution in [0, 0.1) is 24.0 Å². The molecule has 0 aliphatic rings. The maximum Gasteiger partial charge on any atom is 0.272 e. The zero-order chi connectivity index (χ0) is 14.7. The molecule has 0 aliphatic carbocycles. The van der Waals surface area contributed by atoms with Gasteiger partial charge in [-0.05, 0) is 43.2 Å². The van der Waals surface area contributed by atoms with Crippen LogP contribution in [0.3, 0.4) is 0 Å². The predicted octanol–water partition coefficient (Wildman–Crippen LogP) is 4.90. The van der Waals surface area contributed by atoms with Crippen LogP contribution in [0.1, 0.15) is 16.7 Å². The Bertz CT molecular complexity index is 656. The average molecular weight is 336 g/mol. The van der Waals surface area contributed by atoms with Crippen LogP contribution in [0.15, 0.2) is 36.4 Å². The van der Waals surface area contributed by atoms with Gasteiger partial charge in [0, 0.05) is 17.0 Å². The predicted molar refractivity (Wildman–Crippen MR) is 81.7 cm³/mol. The fraction of sp³-hybridized carbons (Fsp3) is 0.200. The Morgan fingerprint density at radius 3 is 2.45 bits per heavy atom. The van der Waals surface area contributed by atoms with Crippen molar-refractivity contribution in [1.29, 1.82) is 0 Å². The molecule has 0 aliphatic heterocycles. The second-order valence-corrected chi connectivity index (χ2v) is 5.10. The Hall–Kier alpha value is -1.88. The Labute approximate surface area is 125 Å². The van der Waals surface area contributed by atoms with Gasteiger partial charge in [0.25, 0.3) is 5.69 Å². The summed E-state index contributed by atoms with van der Waals surface area (Å²) in [4.78, 5) is 10.4. The molecule has 104 valence electrons. The number of rotatable bonds is 4. The Morgan fingerprint density at radius 2 is 1.90 bits per heavy atom. The third kappa shape index (κ3) is 3.17. The van der Waals surface area contributed by atoms with Gasteiger partial charge in [-0.2, -0.15) is 0 Å². The Balaban J connectivity index is 2.26. The molecule has 2 rings (SSSR count). The lowest BCUT2D eigenvalue weighted by atomic mass is 10.1. The summed E-state index contributed by atoms with van der Waals surface area (Å²) in [7, 11) is 0. The molecule has 0 heterocycles. The Morgan fingerprint density at radius 1 is 1.15 bits per heavy atom. The molecule has 0 amide bonds. The first kappa shape index (κ1) is 14.5. The van der Waals surface area contributed by atoms with Crippen molar-refractivity contribution in [3.63, 3.8) is 0 Å². The van der Waals surface area contributed by atoms with E-state index in [-0.39, 0.29) is 5.69 Å². The molecule has 2 aromatic rings. The number of benzene rings is 2. The van der Waals surface area contributed by atoms with Crippen molar-refractivity contribution in [2.75, 3.05) is 0 Å². The van der Waals surface area contributed by atoms with E-state index in [1.807, 2.05) is 25.1 Å². The standard InChI is InChI=1S/C15H14BrNO3/c1-10-8-13(4-5-14(10)17(18)19)20-15-6-3-12(9-16)7-11(15)2/h3-8H,9H2,1-2H3. The first-order valence-corrected chi connectivity index (χ1v) is 7.22. The molecule has 20 heavy (non-hydrogen) atoms. The van der Waals surface area contributed by atoms with Gasteiger partial charge in [0.15, 0.2) is 0 Å². The minimum Gasteiger partial charge on any atom is -0.457 e. The molecule has 0 bridgehead atoms. The van der Waals surface area contributed by atoms with Crippen molar-refractivity contribution < 1.29 is 9.66 Å². The van der Waals surface area contributed by atoms with Crippen molar-refractivity contribution >= 4 is 21.6 Å². The number of hydrogen-bond donors (Lipinski definition) is 0. The van der Waals surface area contributed by atoms with Crippen LogP contribution in [-0.4, -0.2) is 4.92 Å². The van der Waals surface area contributed by atoms with Crippen LogP contribution in [0.5, 0.6) is 11.5 Å². The lowest BCUT2D eigenvalue weighted by Crippen LogP contribution is -1.93. The van der Waals surface area contributed by atoms with Crippen molar-refractivity contribution in [2.45, 2.75) is 19.2 Å². The van der Waals surface area contributed by atoms with E-state index >= 15 is 0 Å². The van der Waals surface area contributed by atoms with Gasteiger partial charge in [-0.15, -0.1) is 0 Å². The molecule has 0 unspecified atom stereocenters. The highest BCUT2D eigenvalue weighted by atomic mass is 79.9. The summed E-state index contributed by atoms with van der Waals surface area (Å²) in [5.41, 5.74) is 2.89. The summed E-state index contributed by atoms with van der Waals surface area (Å²) in [6.45, 7) is 3.67. The first-order valence-electron chi connectivity index (χ1n) is 6.09. The van der Waals surface area contributed by atoms with Crippen molar-refractivity contribution in [3.8, 4) is 11.5 Å². The third-order valence-corrected chi connectivity index (χ3v) is 3.63. The normalized spacial score (nSPS) is 10.3. The van der Waals surface area contributed by atoms with E-state index in [1.54, 1.807) is 19.1 Å². The van der Waals surface area contributed by atoms with Gasteiger partial charge in [-0.3, -0.25) is 10.1 Å². The number of hydrogen-bond acceptors (Lipinski definition) is 3. The smallest absolute Gasteiger partial charge is 0.272 e. The molecule has 0 aromatic heterocycles. The fourth-order valence-corrected chi connectivity index (χ4v) is 2.28. The van der Waals surface area contributed by atoms with Gasteiger partial charge in [0.1, 0.15) is 11.5 Å². The minimum absolute atomic E-state index is 0.101. The van der Waals surface area contributed by atoms with E-state index in [1.165, 1.54) is 11.6 Å². The lowest BCUT2D eigenvalue weighted by Gasteiger charge is -2.10. The molecule has 0 N–H and O–H groups in total. The minimum atomic E-state index is -0.394. The van der Waals surface area contributed by atoms with E-state index in [4.69, 9.17) is 4.74 Å². The SMILES string of the molecule is Cc1cc(CBr)ccc1Oc1ccc([N+](=O)[O-])c(C)c1. The van der Waals surface area contributed by atoms with Crippen LogP contribution in [0.2, 0.25) is 0 Å². The summed E-state index contributed by atoms with van der Waals surface area (Å²) in [5, 5.41) is 11.6. The van der Waals surface area contributed by atoms with Crippen LogP contribution in [0.4, 0.5) is 5.69 Å². The lowest BCUT2D eigenvalue weighted by molar-refractivity contribution is -0.385. The number of nitro benzene ring substituents is 1. The van der Waals surface area contributed by atoms with Crippen molar-refractivity contribution in [3.05, 3.63) is 63.2 Å². The number of ether oxygens (including phenoxy) is 1. The summed E-state index contributed by atoms with van der Waals surface area (Å²) < 4.78 is 5.79. The monoisotopic (exact) mass is 335 g/mol.